The molecule has 0 N–H and O–H groups in total. The van der Waals surface area contributed by atoms with Crippen LogP contribution in [-0.4, -0.2) is 30.8 Å². The summed E-state index contributed by atoms with van der Waals surface area (Å²) in [6.07, 6.45) is 3.37. The Morgan fingerprint density at radius 3 is 2.45 bits per heavy atom. The number of hydrogen-bond acceptors (Lipinski definition) is 4. The van der Waals surface area contributed by atoms with Crippen LogP contribution in [0, 0.1) is 5.92 Å². The molecular formula is C23H24ClNO4. The smallest absolute Gasteiger partial charge is 0.311 e. The average molecular weight is 414 g/mol. The zero-order valence-electron chi connectivity index (χ0n) is 16.4. The normalized spacial score (nSPS) is 16.1. The Balaban J connectivity index is 1.54. The Morgan fingerprint density at radius 2 is 1.79 bits per heavy atom. The molecule has 0 aliphatic carbocycles. The summed E-state index contributed by atoms with van der Waals surface area (Å²) in [4.78, 5) is 38.5. The van der Waals surface area contributed by atoms with Crippen molar-refractivity contribution in [2.24, 2.45) is 5.92 Å². The summed E-state index contributed by atoms with van der Waals surface area (Å²) in [5, 5.41) is 0.529. The van der Waals surface area contributed by atoms with Gasteiger partial charge in [0.05, 0.1) is 5.92 Å². The first-order chi connectivity index (χ1) is 14.0. The van der Waals surface area contributed by atoms with Gasteiger partial charge in [0.25, 0.3) is 0 Å². The van der Waals surface area contributed by atoms with Crippen molar-refractivity contribution < 1.29 is 19.1 Å². The molecule has 1 aliphatic heterocycles. The maximum atomic E-state index is 12.4. The summed E-state index contributed by atoms with van der Waals surface area (Å²) >= 11 is 5.81. The number of anilines is 1. The molecule has 152 valence electrons. The van der Waals surface area contributed by atoms with E-state index in [1.807, 2.05) is 24.3 Å². The minimum atomic E-state index is -0.569. The van der Waals surface area contributed by atoms with Crippen molar-refractivity contribution >= 4 is 34.9 Å². The molecule has 3 rings (SSSR count). The molecule has 0 unspecified atom stereocenters. The summed E-state index contributed by atoms with van der Waals surface area (Å²) in [7, 11) is 0. The Kier molecular flexibility index (Phi) is 7.04. The zero-order chi connectivity index (χ0) is 20.8. The molecule has 1 aliphatic rings. The monoisotopic (exact) mass is 413 g/mol. The number of halogens is 1. The summed E-state index contributed by atoms with van der Waals surface area (Å²) in [5.74, 6) is -1.51. The van der Waals surface area contributed by atoms with Crippen LogP contribution in [0.25, 0.3) is 0 Å². The van der Waals surface area contributed by atoms with Crippen LogP contribution in [-0.2, 0) is 20.7 Å². The van der Waals surface area contributed by atoms with Crippen molar-refractivity contribution in [1.29, 1.82) is 0 Å². The lowest BCUT2D eigenvalue weighted by Crippen LogP contribution is -2.27. The quantitative estimate of drug-likeness (QED) is 0.473. The van der Waals surface area contributed by atoms with Crippen molar-refractivity contribution in [3.8, 4) is 0 Å². The van der Waals surface area contributed by atoms with Crippen molar-refractivity contribution in [2.45, 2.75) is 32.6 Å². The van der Waals surface area contributed by atoms with Gasteiger partial charge in [0.1, 0.15) is 0 Å². The molecule has 0 saturated carbocycles. The number of benzene rings is 2. The first kappa shape index (κ1) is 21.1. The highest BCUT2D eigenvalue weighted by molar-refractivity contribution is 6.30. The number of aryl methyl sites for hydroxylation is 1. The van der Waals surface area contributed by atoms with Gasteiger partial charge in [0.15, 0.2) is 12.4 Å². The Morgan fingerprint density at radius 1 is 1.10 bits per heavy atom. The number of carbonyl (C=O) groups is 3. The van der Waals surface area contributed by atoms with Crippen LogP contribution in [0.1, 0.15) is 42.1 Å². The number of ether oxygens (including phenoxy) is 1. The van der Waals surface area contributed by atoms with Gasteiger partial charge in [0, 0.05) is 29.2 Å². The molecule has 0 bridgehead atoms. The molecule has 1 atom stereocenters. The minimum absolute atomic E-state index is 0.0888. The maximum Gasteiger partial charge on any atom is 0.311 e. The van der Waals surface area contributed by atoms with E-state index in [0.717, 1.165) is 24.9 Å². The second kappa shape index (κ2) is 9.70. The predicted octanol–water partition coefficient (Wildman–Crippen LogP) is 4.46. The molecule has 2 aromatic rings. The summed E-state index contributed by atoms with van der Waals surface area (Å²) in [5.41, 5.74) is 2.44. The van der Waals surface area contributed by atoms with Crippen LogP contribution < -0.4 is 4.90 Å². The summed E-state index contributed by atoms with van der Waals surface area (Å²) in [6.45, 7) is 2.07. The zero-order valence-corrected chi connectivity index (χ0v) is 17.2. The maximum absolute atomic E-state index is 12.4. The highest BCUT2D eigenvalue weighted by atomic mass is 35.5. The van der Waals surface area contributed by atoms with E-state index in [0.29, 0.717) is 10.6 Å². The molecule has 0 aromatic heterocycles. The largest absolute Gasteiger partial charge is 0.457 e. The van der Waals surface area contributed by atoms with Crippen LogP contribution in [0.4, 0.5) is 5.69 Å². The van der Waals surface area contributed by atoms with Gasteiger partial charge in [-0.05, 0) is 54.8 Å². The second-order valence-electron chi connectivity index (χ2n) is 7.21. The highest BCUT2D eigenvalue weighted by Gasteiger charge is 2.36. The van der Waals surface area contributed by atoms with E-state index < -0.39 is 11.9 Å². The third-order valence-corrected chi connectivity index (χ3v) is 5.29. The number of carbonyl (C=O) groups excluding carboxylic acids is 3. The molecule has 5 nitrogen and oxygen atoms in total. The third-order valence-electron chi connectivity index (χ3n) is 5.04. The van der Waals surface area contributed by atoms with Crippen LogP contribution in [0.5, 0.6) is 0 Å². The number of ketones is 1. The molecule has 6 heteroatoms. The summed E-state index contributed by atoms with van der Waals surface area (Å²) in [6, 6.07) is 14.3. The summed E-state index contributed by atoms with van der Waals surface area (Å²) < 4.78 is 5.17. The van der Waals surface area contributed by atoms with Gasteiger partial charge in [-0.1, -0.05) is 37.1 Å². The van der Waals surface area contributed by atoms with Gasteiger partial charge in [-0.3, -0.25) is 14.4 Å². The van der Waals surface area contributed by atoms with E-state index in [4.69, 9.17) is 16.3 Å². The third kappa shape index (κ3) is 5.45. The molecule has 1 heterocycles. The molecule has 1 fully saturated rings. The lowest BCUT2D eigenvalue weighted by molar-refractivity contribution is -0.147. The van der Waals surface area contributed by atoms with Gasteiger partial charge in [-0.2, -0.15) is 0 Å². The van der Waals surface area contributed by atoms with E-state index in [2.05, 4.69) is 6.92 Å². The number of hydrogen-bond donors (Lipinski definition) is 0. The Labute approximate surface area is 175 Å². The van der Waals surface area contributed by atoms with Gasteiger partial charge >= 0.3 is 5.97 Å². The first-order valence-corrected chi connectivity index (χ1v) is 10.2. The van der Waals surface area contributed by atoms with Crippen LogP contribution in [0.2, 0.25) is 5.02 Å². The molecule has 29 heavy (non-hydrogen) atoms. The van der Waals surface area contributed by atoms with E-state index in [1.165, 1.54) is 5.56 Å². The number of esters is 1. The average Bonchev–Trinajstić information content (AvgIpc) is 3.13. The highest BCUT2D eigenvalue weighted by Crippen LogP contribution is 2.26. The first-order valence-electron chi connectivity index (χ1n) is 9.82. The van der Waals surface area contributed by atoms with E-state index in [-0.39, 0.29) is 31.3 Å². The van der Waals surface area contributed by atoms with Crippen LogP contribution in [0.3, 0.4) is 0 Å². The number of nitrogens with zero attached hydrogens (tertiary/aromatic N) is 1. The van der Waals surface area contributed by atoms with Crippen LogP contribution >= 0.6 is 11.6 Å². The van der Waals surface area contributed by atoms with E-state index in [9.17, 15) is 14.4 Å². The number of rotatable bonds is 8. The molecule has 1 amide bonds. The fourth-order valence-corrected chi connectivity index (χ4v) is 3.44. The molecule has 0 radical (unpaired) electrons. The van der Waals surface area contributed by atoms with Crippen molar-refractivity contribution in [1.82, 2.24) is 0 Å². The van der Waals surface area contributed by atoms with Crippen molar-refractivity contribution in [3.05, 3.63) is 64.7 Å². The molecule has 0 spiro atoms. The van der Waals surface area contributed by atoms with E-state index >= 15 is 0 Å². The predicted molar refractivity (Wildman–Crippen MR) is 112 cm³/mol. The van der Waals surface area contributed by atoms with Gasteiger partial charge < -0.3 is 9.64 Å². The fraction of sp³-hybridized carbons (Fsp3) is 0.348. The fourth-order valence-electron chi connectivity index (χ4n) is 3.31. The van der Waals surface area contributed by atoms with Gasteiger partial charge in [-0.15, -0.1) is 0 Å². The van der Waals surface area contributed by atoms with Gasteiger partial charge in [-0.25, -0.2) is 0 Å². The lowest BCUT2D eigenvalue weighted by Gasteiger charge is -2.17. The van der Waals surface area contributed by atoms with E-state index in [1.54, 1.807) is 29.2 Å². The molecular weight excluding hydrogens is 390 g/mol. The Hall–Kier alpha value is -2.66. The van der Waals surface area contributed by atoms with Crippen molar-refractivity contribution in [2.75, 3.05) is 18.1 Å². The minimum Gasteiger partial charge on any atom is -0.457 e. The molecule has 2 aromatic carbocycles. The second-order valence-corrected chi connectivity index (χ2v) is 7.65. The number of Topliss-reactive ketones (excluding diaryl/α,β-unsaturated/α-hetero) is 1. The standard InChI is InChI=1S/C23H24ClNO4/c1-2-3-4-16-5-11-20(12-6-16)25-14-18(13-22(25)27)23(28)29-15-21(26)17-7-9-19(24)10-8-17/h5-12,18H,2-4,13-15H2,1H3/t18-/m0/s1. The topological polar surface area (TPSA) is 63.7 Å². The lowest BCUT2D eigenvalue weighted by atomic mass is 10.1. The molecule has 1 saturated heterocycles. The number of unbranched alkanes of at least 4 members (excludes halogenated alkanes) is 1. The van der Waals surface area contributed by atoms with Crippen LogP contribution in [0.15, 0.2) is 48.5 Å². The SMILES string of the molecule is CCCCc1ccc(N2C[C@@H](C(=O)OCC(=O)c3ccc(Cl)cc3)CC2=O)cc1. The van der Waals surface area contributed by atoms with Crippen molar-refractivity contribution in [3.63, 3.8) is 0 Å². The Bertz CT molecular complexity index is 877. The number of amides is 1. The van der Waals surface area contributed by atoms with Gasteiger partial charge in [0.2, 0.25) is 5.91 Å².